The van der Waals surface area contributed by atoms with E-state index in [-0.39, 0.29) is 23.3 Å². The SMILES string of the molecule is CC(NC(=O)Cc1csc(-c2cccnc2)n1)c1ccc(S(N)(=O)=O)cc1. The van der Waals surface area contributed by atoms with Gasteiger partial charge in [0.05, 0.1) is 23.1 Å². The molecular weight excluding hydrogens is 384 g/mol. The lowest BCUT2D eigenvalue weighted by atomic mass is 10.1. The van der Waals surface area contributed by atoms with Crippen molar-refractivity contribution in [1.82, 2.24) is 15.3 Å². The Morgan fingerprint density at radius 1 is 1.26 bits per heavy atom. The third-order valence-electron chi connectivity index (χ3n) is 3.89. The molecule has 0 aliphatic carbocycles. The fraction of sp³-hybridized carbons (Fsp3) is 0.167. The minimum absolute atomic E-state index is 0.0372. The predicted octanol–water partition coefficient (Wildman–Crippen LogP) is 2.27. The molecule has 0 aliphatic rings. The summed E-state index contributed by atoms with van der Waals surface area (Å²) in [6.07, 6.45) is 3.59. The van der Waals surface area contributed by atoms with Crippen molar-refractivity contribution >= 4 is 27.3 Å². The number of nitrogens with two attached hydrogens (primary N) is 1. The summed E-state index contributed by atoms with van der Waals surface area (Å²) in [4.78, 5) is 20.9. The lowest BCUT2D eigenvalue weighted by Crippen LogP contribution is -2.28. The van der Waals surface area contributed by atoms with Crippen molar-refractivity contribution in [2.75, 3.05) is 0 Å². The van der Waals surface area contributed by atoms with E-state index in [0.29, 0.717) is 5.69 Å². The molecule has 0 radical (unpaired) electrons. The Kier molecular flexibility index (Phi) is 5.64. The van der Waals surface area contributed by atoms with Crippen LogP contribution in [0.2, 0.25) is 0 Å². The summed E-state index contributed by atoms with van der Waals surface area (Å²) in [5, 5.41) is 10.6. The van der Waals surface area contributed by atoms with Crippen LogP contribution in [-0.4, -0.2) is 24.3 Å². The van der Waals surface area contributed by atoms with Crippen LogP contribution in [0.15, 0.2) is 59.1 Å². The van der Waals surface area contributed by atoms with Gasteiger partial charge in [0.15, 0.2) is 0 Å². The second kappa shape index (κ2) is 7.95. The summed E-state index contributed by atoms with van der Waals surface area (Å²) in [6.45, 7) is 1.83. The van der Waals surface area contributed by atoms with Crippen LogP contribution in [0.25, 0.3) is 10.6 Å². The van der Waals surface area contributed by atoms with Crippen LogP contribution in [0.3, 0.4) is 0 Å². The van der Waals surface area contributed by atoms with E-state index in [4.69, 9.17) is 5.14 Å². The summed E-state index contributed by atoms with van der Waals surface area (Å²) in [5.74, 6) is -0.166. The van der Waals surface area contributed by atoms with Gasteiger partial charge in [-0.05, 0) is 36.8 Å². The van der Waals surface area contributed by atoms with Crippen LogP contribution in [0, 0.1) is 0 Å². The molecule has 0 aliphatic heterocycles. The number of nitrogens with one attached hydrogen (secondary N) is 1. The van der Waals surface area contributed by atoms with Crippen LogP contribution >= 0.6 is 11.3 Å². The van der Waals surface area contributed by atoms with Crippen molar-refractivity contribution in [1.29, 1.82) is 0 Å². The molecule has 3 aromatic rings. The zero-order chi connectivity index (χ0) is 19.4. The summed E-state index contributed by atoms with van der Waals surface area (Å²) in [5.41, 5.74) is 2.38. The van der Waals surface area contributed by atoms with Gasteiger partial charge in [0.1, 0.15) is 5.01 Å². The number of pyridine rings is 1. The molecule has 1 atom stereocenters. The van der Waals surface area contributed by atoms with E-state index in [1.54, 1.807) is 24.5 Å². The van der Waals surface area contributed by atoms with E-state index in [2.05, 4.69) is 15.3 Å². The quantitative estimate of drug-likeness (QED) is 0.656. The van der Waals surface area contributed by atoms with Gasteiger partial charge in [0.2, 0.25) is 15.9 Å². The molecule has 0 fully saturated rings. The van der Waals surface area contributed by atoms with E-state index in [1.807, 2.05) is 24.4 Å². The molecule has 7 nitrogen and oxygen atoms in total. The molecule has 9 heteroatoms. The summed E-state index contributed by atoms with van der Waals surface area (Å²) in [7, 11) is -3.73. The number of aromatic nitrogens is 2. The molecule has 0 bridgehead atoms. The number of amides is 1. The number of carbonyl (C=O) groups excluding carboxylic acids is 1. The Morgan fingerprint density at radius 3 is 2.63 bits per heavy atom. The minimum atomic E-state index is -3.73. The maximum absolute atomic E-state index is 12.3. The number of carbonyl (C=O) groups is 1. The topological polar surface area (TPSA) is 115 Å². The van der Waals surface area contributed by atoms with Gasteiger partial charge in [0.25, 0.3) is 0 Å². The molecule has 0 spiro atoms. The number of sulfonamides is 1. The van der Waals surface area contributed by atoms with Gasteiger partial charge in [-0.25, -0.2) is 18.5 Å². The molecule has 1 unspecified atom stereocenters. The molecule has 2 heterocycles. The third-order valence-corrected chi connectivity index (χ3v) is 5.76. The van der Waals surface area contributed by atoms with Crippen LogP contribution < -0.4 is 10.5 Å². The minimum Gasteiger partial charge on any atom is -0.349 e. The molecule has 2 aromatic heterocycles. The summed E-state index contributed by atoms with van der Waals surface area (Å²) in [6, 6.07) is 9.60. The van der Waals surface area contributed by atoms with Crippen molar-refractivity contribution in [3.8, 4) is 10.6 Å². The van der Waals surface area contributed by atoms with Gasteiger partial charge in [-0.2, -0.15) is 0 Å². The first-order chi connectivity index (χ1) is 12.8. The Labute approximate surface area is 161 Å². The Balaban J connectivity index is 1.61. The van der Waals surface area contributed by atoms with Crippen molar-refractivity contribution in [2.45, 2.75) is 24.3 Å². The van der Waals surface area contributed by atoms with Crippen LogP contribution in [0.1, 0.15) is 24.2 Å². The van der Waals surface area contributed by atoms with E-state index < -0.39 is 10.0 Å². The van der Waals surface area contributed by atoms with Crippen molar-refractivity contribution < 1.29 is 13.2 Å². The largest absolute Gasteiger partial charge is 0.349 e. The number of nitrogens with zero attached hydrogens (tertiary/aromatic N) is 2. The average molecular weight is 403 g/mol. The Hall–Kier alpha value is -2.62. The lowest BCUT2D eigenvalue weighted by Gasteiger charge is -2.14. The van der Waals surface area contributed by atoms with Gasteiger partial charge in [-0.3, -0.25) is 9.78 Å². The molecule has 0 saturated carbocycles. The number of primary sulfonamides is 1. The Morgan fingerprint density at radius 2 is 2.00 bits per heavy atom. The van der Waals surface area contributed by atoms with Crippen molar-refractivity contribution in [3.05, 3.63) is 65.4 Å². The predicted molar refractivity (Wildman–Crippen MR) is 103 cm³/mol. The number of hydrogen-bond acceptors (Lipinski definition) is 6. The maximum Gasteiger partial charge on any atom is 0.238 e. The highest BCUT2D eigenvalue weighted by molar-refractivity contribution is 7.89. The molecule has 1 aromatic carbocycles. The number of rotatable bonds is 6. The number of hydrogen-bond donors (Lipinski definition) is 2. The highest BCUT2D eigenvalue weighted by Crippen LogP contribution is 2.23. The summed E-state index contributed by atoms with van der Waals surface area (Å²) >= 11 is 1.46. The van der Waals surface area contributed by atoms with Crippen LogP contribution in [0.4, 0.5) is 0 Å². The normalized spacial score (nSPS) is 12.5. The van der Waals surface area contributed by atoms with Gasteiger partial charge >= 0.3 is 0 Å². The van der Waals surface area contributed by atoms with E-state index in [1.165, 1.54) is 23.5 Å². The van der Waals surface area contributed by atoms with E-state index >= 15 is 0 Å². The zero-order valence-corrected chi connectivity index (χ0v) is 16.1. The molecule has 3 rings (SSSR count). The standard InChI is InChI=1S/C18H18N4O3S2/c1-12(13-4-6-16(7-5-13)27(19,24)25)21-17(23)9-15-11-26-18(22-15)14-3-2-8-20-10-14/h2-8,10-12H,9H2,1H3,(H,21,23)(H2,19,24,25). The average Bonchev–Trinajstić information content (AvgIpc) is 3.10. The van der Waals surface area contributed by atoms with Crippen LogP contribution in [0.5, 0.6) is 0 Å². The summed E-state index contributed by atoms with van der Waals surface area (Å²) < 4.78 is 22.6. The Bertz CT molecular complexity index is 1030. The van der Waals surface area contributed by atoms with Gasteiger partial charge in [-0.15, -0.1) is 11.3 Å². The second-order valence-corrected chi connectivity index (χ2v) is 8.39. The first-order valence-corrected chi connectivity index (χ1v) is 10.5. The fourth-order valence-corrected chi connectivity index (χ4v) is 3.82. The number of thiazole rings is 1. The van der Waals surface area contributed by atoms with Gasteiger partial charge in [-0.1, -0.05) is 12.1 Å². The molecule has 1 amide bonds. The lowest BCUT2D eigenvalue weighted by molar-refractivity contribution is -0.121. The fourth-order valence-electron chi connectivity index (χ4n) is 2.50. The molecule has 3 N–H and O–H groups in total. The first-order valence-electron chi connectivity index (χ1n) is 8.10. The third kappa shape index (κ3) is 4.97. The molecule has 140 valence electrons. The zero-order valence-electron chi connectivity index (χ0n) is 14.5. The van der Waals surface area contributed by atoms with E-state index in [9.17, 15) is 13.2 Å². The van der Waals surface area contributed by atoms with E-state index in [0.717, 1.165) is 16.1 Å². The smallest absolute Gasteiger partial charge is 0.238 e. The highest BCUT2D eigenvalue weighted by Gasteiger charge is 2.14. The first kappa shape index (κ1) is 19.2. The van der Waals surface area contributed by atoms with Gasteiger partial charge in [0, 0.05) is 23.3 Å². The molecular formula is C18H18N4O3S2. The molecule has 0 saturated heterocycles. The highest BCUT2D eigenvalue weighted by atomic mass is 32.2. The monoisotopic (exact) mass is 402 g/mol. The van der Waals surface area contributed by atoms with Crippen LogP contribution in [-0.2, 0) is 21.2 Å². The second-order valence-electron chi connectivity index (χ2n) is 5.97. The van der Waals surface area contributed by atoms with Crippen molar-refractivity contribution in [2.24, 2.45) is 5.14 Å². The number of benzene rings is 1. The molecule has 27 heavy (non-hydrogen) atoms. The maximum atomic E-state index is 12.3. The van der Waals surface area contributed by atoms with Crippen molar-refractivity contribution in [3.63, 3.8) is 0 Å². The van der Waals surface area contributed by atoms with Gasteiger partial charge < -0.3 is 5.32 Å².